The molecule has 0 aliphatic heterocycles. The van der Waals surface area contributed by atoms with E-state index in [0.717, 1.165) is 25.0 Å². The van der Waals surface area contributed by atoms with Gasteiger partial charge in [-0.15, -0.1) is 0 Å². The number of unbranched alkanes of at least 4 members (excludes halogenated alkanes) is 4. The quantitative estimate of drug-likeness (QED) is 0.684. The molecule has 2 nitrogen and oxygen atoms in total. The van der Waals surface area contributed by atoms with E-state index in [2.05, 4.69) is 12.1 Å². The van der Waals surface area contributed by atoms with Gasteiger partial charge in [-0.3, -0.25) is 0 Å². The van der Waals surface area contributed by atoms with Gasteiger partial charge in [0.1, 0.15) is 5.75 Å². The lowest BCUT2D eigenvalue weighted by Gasteiger charge is -2.04. The van der Waals surface area contributed by atoms with E-state index in [0.29, 0.717) is 6.61 Å². The van der Waals surface area contributed by atoms with Crippen LogP contribution in [0, 0.1) is 0 Å². The number of methoxy groups -OCH3 is 1. The monoisotopic (exact) mass is 222 g/mol. The molecule has 2 heteroatoms. The van der Waals surface area contributed by atoms with E-state index in [1.807, 2.05) is 12.1 Å². The summed E-state index contributed by atoms with van der Waals surface area (Å²) < 4.78 is 5.19. The lowest BCUT2D eigenvalue weighted by atomic mass is 10.1. The maximum Gasteiger partial charge on any atom is 0.119 e. The van der Waals surface area contributed by atoms with Crippen LogP contribution in [0.3, 0.4) is 0 Å². The van der Waals surface area contributed by atoms with E-state index in [4.69, 9.17) is 9.84 Å². The molecular weight excluding hydrogens is 200 g/mol. The highest BCUT2D eigenvalue weighted by atomic mass is 16.5. The van der Waals surface area contributed by atoms with Crippen LogP contribution in [0.5, 0.6) is 5.75 Å². The van der Waals surface area contributed by atoms with E-state index < -0.39 is 0 Å². The second-order valence-corrected chi connectivity index (χ2v) is 4.09. The van der Waals surface area contributed by atoms with Crippen LogP contribution in [0.25, 0.3) is 0 Å². The number of aryl methyl sites for hydroxylation is 1. The first kappa shape index (κ1) is 13.0. The highest BCUT2D eigenvalue weighted by Gasteiger charge is 1.96. The van der Waals surface area contributed by atoms with Crippen LogP contribution in [0.4, 0.5) is 0 Å². The summed E-state index contributed by atoms with van der Waals surface area (Å²) in [6.07, 6.45) is 6.91. The summed E-state index contributed by atoms with van der Waals surface area (Å²) in [7, 11) is 1.70. The zero-order valence-electron chi connectivity index (χ0n) is 10.1. The molecule has 1 rings (SSSR count). The minimum atomic E-state index is 0.329. The molecular formula is C14H22O2. The van der Waals surface area contributed by atoms with Crippen molar-refractivity contribution in [3.8, 4) is 5.75 Å². The van der Waals surface area contributed by atoms with Crippen molar-refractivity contribution in [1.82, 2.24) is 0 Å². The predicted octanol–water partition coefficient (Wildman–Crippen LogP) is 3.18. The number of ether oxygens (including phenoxy) is 1. The minimum Gasteiger partial charge on any atom is -0.497 e. The molecule has 0 fully saturated rings. The topological polar surface area (TPSA) is 29.5 Å². The number of rotatable bonds is 8. The summed E-state index contributed by atoms with van der Waals surface area (Å²) in [5.74, 6) is 0.942. The van der Waals surface area contributed by atoms with Gasteiger partial charge < -0.3 is 9.84 Å². The van der Waals surface area contributed by atoms with Crippen LogP contribution in [-0.2, 0) is 6.42 Å². The highest BCUT2D eigenvalue weighted by Crippen LogP contribution is 2.15. The molecule has 90 valence electrons. The molecule has 0 aliphatic rings. The minimum absolute atomic E-state index is 0.329. The zero-order chi connectivity index (χ0) is 11.6. The molecule has 16 heavy (non-hydrogen) atoms. The number of hydrogen-bond acceptors (Lipinski definition) is 2. The molecule has 0 saturated heterocycles. The van der Waals surface area contributed by atoms with Crippen molar-refractivity contribution in [1.29, 1.82) is 0 Å². The van der Waals surface area contributed by atoms with Crippen LogP contribution in [0.1, 0.15) is 37.7 Å². The van der Waals surface area contributed by atoms with Crippen LogP contribution in [0.2, 0.25) is 0 Å². The van der Waals surface area contributed by atoms with Gasteiger partial charge in [-0.1, -0.05) is 31.4 Å². The second kappa shape index (κ2) is 8.17. The van der Waals surface area contributed by atoms with E-state index in [-0.39, 0.29) is 0 Å². The number of aliphatic hydroxyl groups is 1. The third kappa shape index (κ3) is 5.17. The fourth-order valence-corrected chi connectivity index (χ4v) is 1.80. The maximum absolute atomic E-state index is 8.64. The largest absolute Gasteiger partial charge is 0.497 e. The normalized spacial score (nSPS) is 10.4. The van der Waals surface area contributed by atoms with E-state index >= 15 is 0 Å². The Labute approximate surface area is 98.3 Å². The molecule has 1 aromatic carbocycles. The first-order valence-electron chi connectivity index (χ1n) is 6.10. The Balaban J connectivity index is 2.16. The standard InChI is InChI=1S/C14H22O2/c1-16-14-10-7-9-13(12-14)8-5-3-2-4-6-11-15/h7,9-10,12,15H,2-6,8,11H2,1H3. The Kier molecular flexibility index (Phi) is 6.66. The first-order chi connectivity index (χ1) is 7.86. The third-order valence-corrected chi connectivity index (χ3v) is 2.76. The van der Waals surface area contributed by atoms with Gasteiger partial charge in [0, 0.05) is 6.61 Å². The number of benzene rings is 1. The predicted molar refractivity (Wildman–Crippen MR) is 66.9 cm³/mol. The average molecular weight is 222 g/mol. The Morgan fingerprint density at radius 3 is 2.56 bits per heavy atom. The Morgan fingerprint density at radius 1 is 1.06 bits per heavy atom. The average Bonchev–Trinajstić information content (AvgIpc) is 2.34. The molecule has 0 heterocycles. The van der Waals surface area contributed by atoms with E-state index in [1.54, 1.807) is 7.11 Å². The molecule has 1 aromatic rings. The van der Waals surface area contributed by atoms with Crippen molar-refractivity contribution in [2.24, 2.45) is 0 Å². The van der Waals surface area contributed by atoms with Crippen molar-refractivity contribution in [2.45, 2.75) is 38.5 Å². The summed E-state index contributed by atoms with van der Waals surface area (Å²) in [6.45, 7) is 0.329. The fraction of sp³-hybridized carbons (Fsp3) is 0.571. The van der Waals surface area contributed by atoms with Crippen LogP contribution in [0.15, 0.2) is 24.3 Å². The van der Waals surface area contributed by atoms with Crippen molar-refractivity contribution in [3.05, 3.63) is 29.8 Å². The molecule has 0 atom stereocenters. The van der Waals surface area contributed by atoms with E-state index in [1.165, 1.54) is 24.8 Å². The molecule has 0 amide bonds. The van der Waals surface area contributed by atoms with Crippen molar-refractivity contribution < 1.29 is 9.84 Å². The Morgan fingerprint density at radius 2 is 1.81 bits per heavy atom. The smallest absolute Gasteiger partial charge is 0.119 e. The Hall–Kier alpha value is -1.02. The first-order valence-corrected chi connectivity index (χ1v) is 6.10. The molecule has 0 aliphatic carbocycles. The molecule has 0 radical (unpaired) electrons. The summed E-state index contributed by atoms with van der Waals surface area (Å²) >= 11 is 0. The van der Waals surface area contributed by atoms with Crippen LogP contribution < -0.4 is 4.74 Å². The lowest BCUT2D eigenvalue weighted by molar-refractivity contribution is 0.282. The van der Waals surface area contributed by atoms with Crippen molar-refractivity contribution in [3.63, 3.8) is 0 Å². The number of aliphatic hydroxyl groups excluding tert-OH is 1. The molecule has 0 bridgehead atoms. The molecule has 0 unspecified atom stereocenters. The summed E-state index contributed by atoms with van der Waals surface area (Å²) in [6, 6.07) is 8.27. The lowest BCUT2D eigenvalue weighted by Crippen LogP contribution is -1.89. The molecule has 0 saturated carbocycles. The van der Waals surface area contributed by atoms with Gasteiger partial charge in [-0.2, -0.15) is 0 Å². The summed E-state index contributed by atoms with van der Waals surface area (Å²) in [5.41, 5.74) is 1.35. The van der Waals surface area contributed by atoms with Crippen molar-refractivity contribution >= 4 is 0 Å². The van der Waals surface area contributed by atoms with Gasteiger partial charge >= 0.3 is 0 Å². The summed E-state index contributed by atoms with van der Waals surface area (Å²) in [5, 5.41) is 8.64. The number of hydrogen-bond donors (Lipinski definition) is 1. The second-order valence-electron chi connectivity index (χ2n) is 4.09. The van der Waals surface area contributed by atoms with Crippen molar-refractivity contribution in [2.75, 3.05) is 13.7 Å². The van der Waals surface area contributed by atoms with Gasteiger partial charge in [0.2, 0.25) is 0 Å². The van der Waals surface area contributed by atoms with Gasteiger partial charge in [-0.05, 0) is 37.0 Å². The fourth-order valence-electron chi connectivity index (χ4n) is 1.80. The van der Waals surface area contributed by atoms with Gasteiger partial charge in [0.25, 0.3) is 0 Å². The van der Waals surface area contributed by atoms with Crippen LogP contribution >= 0.6 is 0 Å². The maximum atomic E-state index is 8.64. The van der Waals surface area contributed by atoms with E-state index in [9.17, 15) is 0 Å². The van der Waals surface area contributed by atoms with Gasteiger partial charge in [-0.25, -0.2) is 0 Å². The zero-order valence-corrected chi connectivity index (χ0v) is 10.1. The van der Waals surface area contributed by atoms with Gasteiger partial charge in [0.15, 0.2) is 0 Å². The van der Waals surface area contributed by atoms with Gasteiger partial charge in [0.05, 0.1) is 7.11 Å². The highest BCUT2D eigenvalue weighted by molar-refractivity contribution is 5.28. The summed E-state index contributed by atoms with van der Waals surface area (Å²) in [4.78, 5) is 0. The molecule has 0 aromatic heterocycles. The van der Waals surface area contributed by atoms with Crippen LogP contribution in [-0.4, -0.2) is 18.8 Å². The molecule has 0 spiro atoms. The third-order valence-electron chi connectivity index (χ3n) is 2.76. The Bertz CT molecular complexity index is 284. The molecule has 1 N–H and O–H groups in total. The SMILES string of the molecule is COc1cccc(CCCCCCCO)c1.